The molecule has 7 nitrogen and oxygen atoms in total. The van der Waals surface area contributed by atoms with Crippen LogP contribution in [-0.2, 0) is 23.8 Å². The average molecular weight is 482 g/mol. The van der Waals surface area contributed by atoms with Gasteiger partial charge in [-0.2, -0.15) is 0 Å². The number of allylic oxidation sites excluding steroid dienone is 3. The summed E-state index contributed by atoms with van der Waals surface area (Å²) in [7, 11) is 2.86. The van der Waals surface area contributed by atoms with Crippen LogP contribution < -0.4 is 5.32 Å². The van der Waals surface area contributed by atoms with Crippen LogP contribution in [0.4, 0.5) is 0 Å². The van der Waals surface area contributed by atoms with E-state index in [2.05, 4.69) is 11.4 Å². The van der Waals surface area contributed by atoms with Gasteiger partial charge in [-0.05, 0) is 42.5 Å². The molecule has 178 valence electrons. The van der Waals surface area contributed by atoms with Crippen molar-refractivity contribution in [2.24, 2.45) is 0 Å². The first-order valence-electron chi connectivity index (χ1n) is 11.1. The smallest absolute Gasteiger partial charge is 0.337 e. The van der Waals surface area contributed by atoms with Crippen molar-refractivity contribution in [3.8, 4) is 0 Å². The fourth-order valence-corrected chi connectivity index (χ4v) is 5.42. The van der Waals surface area contributed by atoms with Crippen molar-refractivity contribution < 1.29 is 28.6 Å². The van der Waals surface area contributed by atoms with E-state index >= 15 is 0 Å². The molecule has 4 rings (SSSR count). The molecule has 0 saturated carbocycles. The maximum atomic E-state index is 13.5. The van der Waals surface area contributed by atoms with Crippen LogP contribution in [0.1, 0.15) is 52.4 Å². The zero-order valence-electron chi connectivity index (χ0n) is 19.4. The largest absolute Gasteiger partial charge is 0.465 e. The Morgan fingerprint density at radius 3 is 2.47 bits per heavy atom. The summed E-state index contributed by atoms with van der Waals surface area (Å²) in [5.74, 6) is -1.43. The Kier molecular flexibility index (Phi) is 7.29. The fourth-order valence-electron chi connectivity index (χ4n) is 4.59. The van der Waals surface area contributed by atoms with E-state index in [-0.39, 0.29) is 24.9 Å². The molecule has 2 aromatic rings. The summed E-state index contributed by atoms with van der Waals surface area (Å²) in [5.41, 5.74) is 3.60. The summed E-state index contributed by atoms with van der Waals surface area (Å²) in [4.78, 5) is 39.7. The average Bonchev–Trinajstić information content (AvgIpc) is 3.38. The Morgan fingerprint density at radius 2 is 1.82 bits per heavy atom. The van der Waals surface area contributed by atoms with E-state index in [0.29, 0.717) is 35.2 Å². The molecule has 2 aliphatic rings. The molecule has 0 saturated heterocycles. The highest BCUT2D eigenvalue weighted by atomic mass is 32.1. The predicted molar refractivity (Wildman–Crippen MR) is 128 cm³/mol. The minimum atomic E-state index is -0.588. The molecule has 0 radical (unpaired) electrons. The van der Waals surface area contributed by atoms with Crippen molar-refractivity contribution in [1.29, 1.82) is 0 Å². The van der Waals surface area contributed by atoms with Crippen LogP contribution in [0.2, 0.25) is 0 Å². The number of esters is 2. The quantitative estimate of drug-likeness (QED) is 0.471. The van der Waals surface area contributed by atoms with Crippen LogP contribution in [0.5, 0.6) is 0 Å². The number of nitrogens with one attached hydrogen (secondary N) is 1. The second-order valence-corrected chi connectivity index (χ2v) is 9.25. The highest BCUT2D eigenvalue weighted by Crippen LogP contribution is 2.46. The highest BCUT2D eigenvalue weighted by molar-refractivity contribution is 7.10. The molecule has 2 heterocycles. The van der Waals surface area contributed by atoms with Gasteiger partial charge >= 0.3 is 11.9 Å². The topological polar surface area (TPSA) is 90.9 Å². The molecule has 1 aromatic carbocycles. The van der Waals surface area contributed by atoms with Gasteiger partial charge in [0.05, 0.1) is 24.9 Å². The third-order valence-electron chi connectivity index (χ3n) is 6.18. The summed E-state index contributed by atoms with van der Waals surface area (Å²) >= 11 is 1.65. The van der Waals surface area contributed by atoms with Gasteiger partial charge in [-0.1, -0.05) is 18.2 Å². The van der Waals surface area contributed by atoms with Crippen molar-refractivity contribution in [3.05, 3.63) is 80.3 Å². The molecule has 34 heavy (non-hydrogen) atoms. The van der Waals surface area contributed by atoms with Crippen LogP contribution in [0, 0.1) is 0 Å². The number of hydrogen-bond donors (Lipinski definition) is 1. The molecule has 1 aliphatic carbocycles. The SMILES string of the molecule is COCCOC(=O)C1=C(C)NC2=C(C(=O)C[C@@H](c3cccs3)C2)[C@H]1c1ccc(C(=O)OC)cc1. The van der Waals surface area contributed by atoms with Crippen molar-refractivity contribution in [3.63, 3.8) is 0 Å². The molecular weight excluding hydrogens is 454 g/mol. The molecule has 0 spiro atoms. The maximum absolute atomic E-state index is 13.5. The van der Waals surface area contributed by atoms with E-state index < -0.39 is 17.9 Å². The Hall–Kier alpha value is -3.23. The van der Waals surface area contributed by atoms with Gasteiger partial charge in [-0.25, -0.2) is 9.59 Å². The molecular formula is C26H27NO6S. The van der Waals surface area contributed by atoms with E-state index in [1.54, 1.807) is 35.6 Å². The van der Waals surface area contributed by atoms with Gasteiger partial charge < -0.3 is 19.5 Å². The van der Waals surface area contributed by atoms with Crippen molar-refractivity contribution in [2.75, 3.05) is 27.4 Å². The third-order valence-corrected chi connectivity index (χ3v) is 7.21. The highest BCUT2D eigenvalue weighted by Gasteiger charge is 2.41. The number of thiophene rings is 1. The van der Waals surface area contributed by atoms with Crippen molar-refractivity contribution in [1.82, 2.24) is 5.32 Å². The zero-order valence-corrected chi connectivity index (χ0v) is 20.2. The lowest BCUT2D eigenvalue weighted by molar-refractivity contribution is -0.140. The van der Waals surface area contributed by atoms with E-state index in [0.717, 1.165) is 11.3 Å². The number of carbonyl (C=O) groups excluding carboxylic acids is 3. The number of ketones is 1. The number of carbonyl (C=O) groups is 3. The number of Topliss-reactive ketones (excluding diaryl/α,β-unsaturated/α-hetero) is 1. The molecule has 0 bridgehead atoms. The van der Waals surface area contributed by atoms with E-state index in [1.165, 1.54) is 19.1 Å². The first kappa shape index (κ1) is 23.9. The van der Waals surface area contributed by atoms with Crippen LogP contribution >= 0.6 is 11.3 Å². The molecule has 0 unspecified atom stereocenters. The van der Waals surface area contributed by atoms with E-state index in [9.17, 15) is 14.4 Å². The van der Waals surface area contributed by atoms with E-state index in [1.807, 2.05) is 18.4 Å². The second kappa shape index (κ2) is 10.4. The molecule has 2 atom stereocenters. The summed E-state index contributed by atoms with van der Waals surface area (Å²) in [5, 5.41) is 5.35. The Labute approximate surface area is 202 Å². The lowest BCUT2D eigenvalue weighted by atomic mass is 9.72. The lowest BCUT2D eigenvalue weighted by Crippen LogP contribution is -2.36. The second-order valence-electron chi connectivity index (χ2n) is 8.27. The van der Waals surface area contributed by atoms with Crippen LogP contribution in [0.25, 0.3) is 0 Å². The Morgan fingerprint density at radius 1 is 1.06 bits per heavy atom. The number of rotatable bonds is 7. The molecule has 1 N–H and O–H groups in total. The Bertz CT molecular complexity index is 1150. The number of methoxy groups -OCH3 is 2. The lowest BCUT2D eigenvalue weighted by Gasteiger charge is -2.36. The predicted octanol–water partition coefficient (Wildman–Crippen LogP) is 4.09. The number of hydrogen-bond acceptors (Lipinski definition) is 8. The van der Waals surface area contributed by atoms with Gasteiger partial charge in [0.1, 0.15) is 6.61 Å². The monoisotopic (exact) mass is 481 g/mol. The first-order chi connectivity index (χ1) is 16.4. The van der Waals surface area contributed by atoms with Gasteiger partial charge in [-0.15, -0.1) is 11.3 Å². The normalized spacial score (nSPS) is 20.0. The van der Waals surface area contributed by atoms with Crippen molar-refractivity contribution >= 4 is 29.1 Å². The maximum Gasteiger partial charge on any atom is 0.337 e. The standard InChI is InChI=1S/C26H27NO6S/c1-15-22(26(30)33-11-10-31-2)23(16-6-8-17(9-7-16)25(29)32-3)24-19(27-15)13-18(14-20(24)28)21-5-4-12-34-21/h4-9,12,18,23,27H,10-11,13-14H2,1-3H3/t18-,23-/m0/s1. The fraction of sp³-hybridized carbons (Fsp3) is 0.346. The molecule has 0 amide bonds. The van der Waals surface area contributed by atoms with Crippen molar-refractivity contribution in [2.45, 2.75) is 31.6 Å². The van der Waals surface area contributed by atoms with Crippen LogP contribution in [-0.4, -0.2) is 45.2 Å². The molecule has 1 aliphatic heterocycles. The summed E-state index contributed by atoms with van der Waals surface area (Å²) in [6, 6.07) is 10.9. The molecule has 8 heteroatoms. The summed E-state index contributed by atoms with van der Waals surface area (Å²) < 4.78 is 15.2. The van der Waals surface area contributed by atoms with Gasteiger partial charge in [0.15, 0.2) is 5.78 Å². The number of benzene rings is 1. The van der Waals surface area contributed by atoms with E-state index in [4.69, 9.17) is 14.2 Å². The Balaban J connectivity index is 1.75. The van der Waals surface area contributed by atoms with Gasteiger partial charge in [0, 0.05) is 47.2 Å². The van der Waals surface area contributed by atoms with Gasteiger partial charge in [0.25, 0.3) is 0 Å². The first-order valence-corrected chi connectivity index (χ1v) is 11.9. The molecule has 0 fully saturated rings. The van der Waals surface area contributed by atoms with Crippen LogP contribution in [0.15, 0.2) is 64.3 Å². The van der Waals surface area contributed by atoms with Gasteiger partial charge in [-0.3, -0.25) is 4.79 Å². The number of dihydropyridines is 1. The van der Waals surface area contributed by atoms with Crippen LogP contribution in [0.3, 0.4) is 0 Å². The third kappa shape index (κ3) is 4.69. The summed E-state index contributed by atoms with van der Waals surface area (Å²) in [6.07, 6.45) is 1.06. The minimum absolute atomic E-state index is 0.00360. The minimum Gasteiger partial charge on any atom is -0.465 e. The summed E-state index contributed by atoms with van der Waals surface area (Å²) in [6.45, 7) is 2.21. The van der Waals surface area contributed by atoms with Gasteiger partial charge in [0.2, 0.25) is 0 Å². The zero-order chi connectivity index (χ0) is 24.2. The molecule has 1 aromatic heterocycles. The number of ether oxygens (including phenoxy) is 3.